The zero-order valence-corrected chi connectivity index (χ0v) is 22.4. The van der Waals surface area contributed by atoms with Crippen LogP contribution in [-0.4, -0.2) is 20.5 Å². The van der Waals surface area contributed by atoms with Crippen LogP contribution in [0, 0.1) is 0 Å². The molecule has 3 aromatic rings. The summed E-state index contributed by atoms with van der Waals surface area (Å²) in [7, 11) is -3.78. The maximum Gasteiger partial charge on any atom is 0.325 e. The van der Waals surface area contributed by atoms with Crippen molar-refractivity contribution in [1.29, 1.82) is 0 Å². The molecule has 0 aliphatic rings. The summed E-state index contributed by atoms with van der Waals surface area (Å²) in [6, 6.07) is 17.6. The summed E-state index contributed by atoms with van der Waals surface area (Å²) < 4.78 is 13.3. The summed E-state index contributed by atoms with van der Waals surface area (Å²) in [5.41, 5.74) is 2.73. The highest BCUT2D eigenvalue weighted by molar-refractivity contribution is 7.51. The number of hydrogen-bond acceptors (Lipinski definition) is 1. The molecule has 0 bridgehead atoms. The van der Waals surface area contributed by atoms with Gasteiger partial charge in [-0.1, -0.05) is 126 Å². The van der Waals surface area contributed by atoms with Gasteiger partial charge in [0.25, 0.3) is 0 Å². The fourth-order valence-corrected chi connectivity index (χ4v) is 5.94. The summed E-state index contributed by atoms with van der Waals surface area (Å²) in [4.78, 5) is 17.7. The highest BCUT2D eigenvalue weighted by Crippen LogP contribution is 2.35. The van der Waals surface area contributed by atoms with Gasteiger partial charge in [-0.05, 0) is 25.0 Å². The Kier molecular flexibility index (Phi) is 12.4. The average Bonchev–Trinajstić information content (AvgIpc) is 3.16. The number of rotatable bonds is 19. The average molecular weight is 500 g/mol. The van der Waals surface area contributed by atoms with Gasteiger partial charge >= 0.3 is 7.60 Å². The first-order valence-corrected chi connectivity index (χ1v) is 15.9. The Bertz CT molecular complexity index is 985. The first-order chi connectivity index (χ1) is 17.1. The summed E-state index contributed by atoms with van der Waals surface area (Å²) in [5, 5.41) is 2.75. The second-order valence-corrected chi connectivity index (χ2v) is 12.0. The van der Waals surface area contributed by atoms with Gasteiger partial charge in [-0.15, -0.1) is 0 Å². The van der Waals surface area contributed by atoms with E-state index in [4.69, 9.17) is 9.79 Å². The van der Waals surface area contributed by atoms with Gasteiger partial charge in [0.15, 0.2) is 0 Å². The van der Waals surface area contributed by atoms with Crippen LogP contribution in [-0.2, 0) is 11.1 Å². The standard InChI is InChI=1S/C30H46NO3P/c32-35(33,34)26-20-14-12-10-8-6-4-2-1-3-5-7-9-11-13-19-25-31-29-23-17-15-21-27(29)28-22-16-18-24-30(28)31/h15-18,21-24H,1-14,19-20,25-26H2,(H2,32,33,34). The number of nitrogens with zero attached hydrogens (tertiary/aromatic N) is 1. The maximum atomic E-state index is 10.8. The summed E-state index contributed by atoms with van der Waals surface area (Å²) in [5.74, 6) is 0. The van der Waals surface area contributed by atoms with Gasteiger partial charge < -0.3 is 14.4 Å². The third-order valence-electron chi connectivity index (χ3n) is 7.26. The van der Waals surface area contributed by atoms with Gasteiger partial charge in [0.1, 0.15) is 0 Å². The molecule has 35 heavy (non-hydrogen) atoms. The van der Waals surface area contributed by atoms with Gasteiger partial charge in [0.2, 0.25) is 0 Å². The molecule has 0 atom stereocenters. The molecule has 2 N–H and O–H groups in total. The molecule has 194 valence electrons. The molecular weight excluding hydrogens is 453 g/mol. The minimum Gasteiger partial charge on any atom is -0.340 e. The van der Waals surface area contributed by atoms with Crippen molar-refractivity contribution < 1.29 is 14.4 Å². The molecule has 0 aliphatic carbocycles. The van der Waals surface area contributed by atoms with Gasteiger partial charge in [0, 0.05) is 34.5 Å². The van der Waals surface area contributed by atoms with Crippen LogP contribution in [0.4, 0.5) is 0 Å². The van der Waals surface area contributed by atoms with E-state index in [-0.39, 0.29) is 6.16 Å². The molecule has 0 unspecified atom stereocenters. The smallest absolute Gasteiger partial charge is 0.325 e. The molecule has 0 saturated heterocycles. The van der Waals surface area contributed by atoms with Crippen molar-refractivity contribution in [2.45, 2.75) is 109 Å². The molecule has 3 rings (SSSR count). The first kappa shape index (κ1) is 28.0. The number of benzene rings is 2. The van der Waals surface area contributed by atoms with Crippen LogP contribution in [0.3, 0.4) is 0 Å². The third-order valence-corrected chi connectivity index (χ3v) is 8.16. The minimum atomic E-state index is -3.78. The largest absolute Gasteiger partial charge is 0.340 e. The molecule has 0 amide bonds. The number of unbranched alkanes of at least 4 members (excludes halogenated alkanes) is 15. The Labute approximate surface area is 212 Å². The van der Waals surface area contributed by atoms with Gasteiger partial charge in [-0.25, -0.2) is 0 Å². The van der Waals surface area contributed by atoms with Gasteiger partial charge in [-0.3, -0.25) is 4.57 Å². The molecule has 0 radical (unpaired) electrons. The normalized spacial score (nSPS) is 12.2. The van der Waals surface area contributed by atoms with Crippen LogP contribution >= 0.6 is 7.60 Å². The van der Waals surface area contributed by atoms with E-state index in [2.05, 4.69) is 53.1 Å². The second-order valence-electron chi connectivity index (χ2n) is 10.2. The van der Waals surface area contributed by atoms with Crippen molar-refractivity contribution in [3.63, 3.8) is 0 Å². The molecule has 1 heterocycles. The van der Waals surface area contributed by atoms with Crippen LogP contribution in [0.25, 0.3) is 21.8 Å². The second kappa shape index (κ2) is 15.5. The summed E-state index contributed by atoms with van der Waals surface area (Å²) >= 11 is 0. The fourth-order valence-electron chi connectivity index (χ4n) is 5.31. The zero-order valence-electron chi connectivity index (χ0n) is 21.5. The number of fused-ring (bicyclic) bond motifs is 3. The first-order valence-electron chi connectivity index (χ1n) is 14.1. The number of hydrogen-bond donors (Lipinski definition) is 2. The lowest BCUT2D eigenvalue weighted by Gasteiger charge is -2.08. The van der Waals surface area contributed by atoms with E-state index < -0.39 is 7.60 Å². The van der Waals surface area contributed by atoms with Crippen LogP contribution in [0.15, 0.2) is 48.5 Å². The topological polar surface area (TPSA) is 62.5 Å². The third kappa shape index (κ3) is 10.1. The predicted octanol–water partition coefficient (Wildman–Crippen LogP) is 9.21. The SMILES string of the molecule is O=P(O)(O)CCCCCCCCCCCCCCCCCCn1c2ccccc2c2ccccc21. The maximum absolute atomic E-state index is 10.8. The van der Waals surface area contributed by atoms with Crippen LogP contribution in [0.1, 0.15) is 103 Å². The van der Waals surface area contributed by atoms with Gasteiger partial charge in [-0.2, -0.15) is 0 Å². The molecule has 4 nitrogen and oxygen atoms in total. The molecule has 2 aromatic carbocycles. The highest BCUT2D eigenvalue weighted by Gasteiger charge is 2.11. The van der Waals surface area contributed by atoms with Crippen molar-refractivity contribution in [2.75, 3.05) is 6.16 Å². The van der Waals surface area contributed by atoms with E-state index >= 15 is 0 Å². The number of aryl methyl sites for hydroxylation is 1. The molecule has 1 aromatic heterocycles. The van der Waals surface area contributed by atoms with Crippen LogP contribution in [0.2, 0.25) is 0 Å². The van der Waals surface area contributed by atoms with Crippen molar-refractivity contribution in [2.24, 2.45) is 0 Å². The molecule has 5 heteroatoms. The predicted molar refractivity (Wildman–Crippen MR) is 150 cm³/mol. The molecule has 0 saturated carbocycles. The summed E-state index contributed by atoms with van der Waals surface area (Å²) in [6.45, 7) is 1.11. The molecular formula is C30H46NO3P. The van der Waals surface area contributed by atoms with Crippen LogP contribution < -0.4 is 0 Å². The molecule has 0 fully saturated rings. The van der Waals surface area contributed by atoms with Crippen molar-refractivity contribution in [3.05, 3.63) is 48.5 Å². The summed E-state index contributed by atoms with van der Waals surface area (Å²) in [6.07, 6.45) is 20.1. The van der Waals surface area contributed by atoms with E-state index in [1.807, 2.05) is 0 Å². The lowest BCUT2D eigenvalue weighted by atomic mass is 10.0. The van der Waals surface area contributed by atoms with Crippen molar-refractivity contribution in [1.82, 2.24) is 4.57 Å². The van der Waals surface area contributed by atoms with E-state index in [1.165, 1.54) is 105 Å². The Morgan fingerprint density at radius 1 is 0.514 bits per heavy atom. The lowest BCUT2D eigenvalue weighted by Crippen LogP contribution is -1.97. The van der Waals surface area contributed by atoms with E-state index in [0.717, 1.165) is 19.4 Å². The molecule has 0 aliphatic heterocycles. The monoisotopic (exact) mass is 499 g/mol. The Morgan fingerprint density at radius 3 is 1.26 bits per heavy atom. The van der Waals surface area contributed by atoms with E-state index in [9.17, 15) is 4.57 Å². The molecule has 0 spiro atoms. The van der Waals surface area contributed by atoms with Gasteiger partial charge in [0.05, 0.1) is 0 Å². The quantitative estimate of drug-likeness (QED) is 0.128. The van der Waals surface area contributed by atoms with Crippen molar-refractivity contribution in [3.8, 4) is 0 Å². The fraction of sp³-hybridized carbons (Fsp3) is 0.600. The van der Waals surface area contributed by atoms with Crippen LogP contribution in [0.5, 0.6) is 0 Å². The Hall–Kier alpha value is -1.61. The highest BCUT2D eigenvalue weighted by atomic mass is 31.2. The minimum absolute atomic E-state index is 0.0512. The Balaban J connectivity index is 1.13. The lowest BCUT2D eigenvalue weighted by molar-refractivity contribution is 0.370. The number of aromatic nitrogens is 1. The zero-order chi connectivity index (χ0) is 24.8. The Morgan fingerprint density at radius 2 is 0.857 bits per heavy atom. The number of para-hydroxylation sites is 2. The van der Waals surface area contributed by atoms with E-state index in [0.29, 0.717) is 6.42 Å². The van der Waals surface area contributed by atoms with Crippen molar-refractivity contribution >= 4 is 29.4 Å². The van der Waals surface area contributed by atoms with E-state index in [1.54, 1.807) is 0 Å².